The van der Waals surface area contributed by atoms with Gasteiger partial charge in [0, 0.05) is 43.8 Å². The number of hydrogen-bond acceptors (Lipinski definition) is 2. The molecule has 3 heterocycles. The van der Waals surface area contributed by atoms with Crippen molar-refractivity contribution in [3.05, 3.63) is 54.6 Å². The van der Waals surface area contributed by atoms with E-state index in [0.717, 1.165) is 27.8 Å². The van der Waals surface area contributed by atoms with Crippen molar-refractivity contribution in [3.63, 3.8) is 0 Å². The van der Waals surface area contributed by atoms with E-state index in [9.17, 15) is 13.2 Å². The third-order valence-electron chi connectivity index (χ3n) is 4.13. The highest BCUT2D eigenvalue weighted by Gasteiger charge is 2.35. The molecule has 128 valence electrons. The average Bonchev–Trinajstić information content (AvgIpc) is 3.23. The molecule has 0 amide bonds. The summed E-state index contributed by atoms with van der Waals surface area (Å²) in [5, 5.41) is 3.96. The number of aromatic nitrogens is 5. The molecule has 5 nitrogen and oxygen atoms in total. The molecule has 4 aromatic rings. The van der Waals surface area contributed by atoms with Gasteiger partial charge in [-0.2, -0.15) is 18.3 Å². The zero-order chi connectivity index (χ0) is 17.8. The Balaban J connectivity index is 1.68. The second kappa shape index (κ2) is 5.23. The maximum Gasteiger partial charge on any atom is 0.433 e. The summed E-state index contributed by atoms with van der Waals surface area (Å²) in [4.78, 5) is 4.55. The molecule has 0 spiro atoms. The summed E-state index contributed by atoms with van der Waals surface area (Å²) in [6.45, 7) is 0. The second-order valence-corrected chi connectivity index (χ2v) is 5.86. The standard InChI is InChI=1S/C17H14F3N5/c1-23-7-8-25-10-14(21-16(23)25)12-5-3-11(4-6-12)13-9-15(17(18,19)20)24(2)22-13/h3-10H,1-2H3. The number of aryl methyl sites for hydroxylation is 2. The van der Waals surface area contributed by atoms with E-state index < -0.39 is 11.9 Å². The van der Waals surface area contributed by atoms with Gasteiger partial charge in [0.1, 0.15) is 5.69 Å². The molecule has 0 atom stereocenters. The quantitative estimate of drug-likeness (QED) is 0.555. The average molecular weight is 345 g/mol. The summed E-state index contributed by atoms with van der Waals surface area (Å²) in [7, 11) is 3.20. The molecule has 8 heteroatoms. The number of fused-ring (bicyclic) bond motifs is 1. The van der Waals surface area contributed by atoms with Crippen LogP contribution < -0.4 is 0 Å². The van der Waals surface area contributed by atoms with Crippen LogP contribution in [0.3, 0.4) is 0 Å². The van der Waals surface area contributed by atoms with Gasteiger partial charge in [-0.25, -0.2) is 4.98 Å². The molecule has 0 aliphatic carbocycles. The zero-order valence-electron chi connectivity index (χ0n) is 13.5. The summed E-state index contributed by atoms with van der Waals surface area (Å²) in [5.41, 5.74) is 1.83. The first-order chi connectivity index (χ1) is 11.8. The third kappa shape index (κ3) is 2.59. The van der Waals surface area contributed by atoms with Crippen molar-refractivity contribution in [2.24, 2.45) is 14.1 Å². The summed E-state index contributed by atoms with van der Waals surface area (Å²) in [6.07, 6.45) is 1.31. The zero-order valence-corrected chi connectivity index (χ0v) is 13.5. The molecule has 0 bridgehead atoms. The fourth-order valence-electron chi connectivity index (χ4n) is 2.82. The predicted molar refractivity (Wildman–Crippen MR) is 86.8 cm³/mol. The van der Waals surface area contributed by atoms with Gasteiger partial charge in [-0.05, 0) is 6.07 Å². The van der Waals surface area contributed by atoms with Crippen molar-refractivity contribution in [3.8, 4) is 22.5 Å². The molecule has 0 N–H and O–H groups in total. The highest BCUT2D eigenvalue weighted by atomic mass is 19.4. The molecule has 0 saturated heterocycles. The van der Waals surface area contributed by atoms with Gasteiger partial charge in [0.05, 0.1) is 11.4 Å². The van der Waals surface area contributed by atoms with Gasteiger partial charge < -0.3 is 4.57 Å². The molecule has 0 aliphatic rings. The smallest absolute Gasteiger partial charge is 0.320 e. The molecule has 0 fully saturated rings. The minimum absolute atomic E-state index is 0.288. The first-order valence-electron chi connectivity index (χ1n) is 7.55. The van der Waals surface area contributed by atoms with Crippen LogP contribution in [-0.2, 0) is 20.3 Å². The summed E-state index contributed by atoms with van der Waals surface area (Å²) < 4.78 is 43.4. The highest BCUT2D eigenvalue weighted by molar-refractivity contribution is 5.68. The van der Waals surface area contributed by atoms with E-state index in [1.807, 2.05) is 46.7 Å². The SMILES string of the molecule is Cn1nc(-c2ccc(-c3cn4ccn(C)c4n3)cc2)cc1C(F)(F)F. The maximum absolute atomic E-state index is 12.9. The second-order valence-electron chi connectivity index (χ2n) is 5.86. The molecule has 1 aromatic carbocycles. The van der Waals surface area contributed by atoms with Gasteiger partial charge in [0.25, 0.3) is 0 Å². The van der Waals surface area contributed by atoms with Gasteiger partial charge in [-0.3, -0.25) is 9.08 Å². The van der Waals surface area contributed by atoms with Crippen LogP contribution in [0.2, 0.25) is 0 Å². The van der Waals surface area contributed by atoms with E-state index in [1.165, 1.54) is 7.05 Å². The minimum atomic E-state index is -4.42. The van der Waals surface area contributed by atoms with Crippen LogP contribution in [0.5, 0.6) is 0 Å². The Morgan fingerprint density at radius 2 is 1.56 bits per heavy atom. The van der Waals surface area contributed by atoms with E-state index in [-0.39, 0.29) is 5.69 Å². The van der Waals surface area contributed by atoms with Crippen LogP contribution >= 0.6 is 0 Å². The largest absolute Gasteiger partial charge is 0.433 e. The minimum Gasteiger partial charge on any atom is -0.320 e. The van der Waals surface area contributed by atoms with E-state index in [0.29, 0.717) is 5.56 Å². The lowest BCUT2D eigenvalue weighted by Crippen LogP contribution is -2.11. The Morgan fingerprint density at radius 3 is 2.12 bits per heavy atom. The molecular weight excluding hydrogens is 331 g/mol. The summed E-state index contributed by atoms with van der Waals surface area (Å²) in [5.74, 6) is 0.818. The molecule has 4 rings (SSSR count). The summed E-state index contributed by atoms with van der Waals surface area (Å²) in [6, 6.07) is 8.22. The number of halogens is 3. The maximum atomic E-state index is 12.9. The van der Waals surface area contributed by atoms with Crippen LogP contribution in [0.1, 0.15) is 5.69 Å². The monoisotopic (exact) mass is 345 g/mol. The van der Waals surface area contributed by atoms with Crippen molar-refractivity contribution in [1.82, 2.24) is 23.7 Å². The van der Waals surface area contributed by atoms with Crippen LogP contribution in [0, 0.1) is 0 Å². The first-order valence-corrected chi connectivity index (χ1v) is 7.55. The Morgan fingerprint density at radius 1 is 0.920 bits per heavy atom. The Bertz CT molecular complexity index is 1050. The molecule has 3 aromatic heterocycles. The van der Waals surface area contributed by atoms with Crippen molar-refractivity contribution in [1.29, 1.82) is 0 Å². The van der Waals surface area contributed by atoms with E-state index >= 15 is 0 Å². The fraction of sp³-hybridized carbons (Fsp3) is 0.176. The highest BCUT2D eigenvalue weighted by Crippen LogP contribution is 2.32. The number of rotatable bonds is 2. The third-order valence-corrected chi connectivity index (χ3v) is 4.13. The Kier molecular flexibility index (Phi) is 3.24. The fourth-order valence-corrected chi connectivity index (χ4v) is 2.82. The van der Waals surface area contributed by atoms with Crippen LogP contribution in [0.25, 0.3) is 28.3 Å². The normalized spacial score (nSPS) is 12.2. The lowest BCUT2D eigenvalue weighted by Gasteiger charge is -2.04. The topological polar surface area (TPSA) is 40.0 Å². The van der Waals surface area contributed by atoms with Gasteiger partial charge in [0.2, 0.25) is 5.78 Å². The van der Waals surface area contributed by atoms with Crippen LogP contribution in [0.4, 0.5) is 13.2 Å². The van der Waals surface area contributed by atoms with Crippen molar-refractivity contribution >= 4 is 5.78 Å². The van der Waals surface area contributed by atoms with E-state index in [2.05, 4.69) is 10.1 Å². The molecule has 25 heavy (non-hydrogen) atoms. The molecule has 0 unspecified atom stereocenters. The first kappa shape index (κ1) is 15.5. The summed E-state index contributed by atoms with van der Waals surface area (Å²) >= 11 is 0. The Labute approximate surface area is 141 Å². The van der Waals surface area contributed by atoms with E-state index in [1.54, 1.807) is 12.1 Å². The molecule has 0 saturated carbocycles. The van der Waals surface area contributed by atoms with E-state index in [4.69, 9.17) is 0 Å². The lowest BCUT2D eigenvalue weighted by molar-refractivity contribution is -0.143. The van der Waals surface area contributed by atoms with Gasteiger partial charge in [-0.1, -0.05) is 24.3 Å². The molecular formula is C17H14F3N5. The molecule has 0 radical (unpaired) electrons. The van der Waals surface area contributed by atoms with Crippen molar-refractivity contribution in [2.45, 2.75) is 6.18 Å². The number of alkyl halides is 3. The van der Waals surface area contributed by atoms with Crippen LogP contribution in [0.15, 0.2) is 48.9 Å². The van der Waals surface area contributed by atoms with Gasteiger partial charge in [0.15, 0.2) is 0 Å². The number of hydrogen-bond donors (Lipinski definition) is 0. The van der Waals surface area contributed by atoms with Gasteiger partial charge in [-0.15, -0.1) is 0 Å². The van der Waals surface area contributed by atoms with Crippen molar-refractivity contribution in [2.75, 3.05) is 0 Å². The lowest BCUT2D eigenvalue weighted by atomic mass is 10.1. The molecule has 0 aliphatic heterocycles. The number of benzene rings is 1. The predicted octanol–water partition coefficient (Wildman–Crippen LogP) is 3.76. The van der Waals surface area contributed by atoms with Crippen LogP contribution in [-0.4, -0.2) is 23.7 Å². The number of imidazole rings is 2. The number of nitrogens with zero attached hydrogens (tertiary/aromatic N) is 5. The Hall–Kier alpha value is -3.03. The van der Waals surface area contributed by atoms with Gasteiger partial charge >= 0.3 is 6.18 Å². The van der Waals surface area contributed by atoms with Crippen molar-refractivity contribution < 1.29 is 13.2 Å².